The molecule has 0 bridgehead atoms. The zero-order chi connectivity index (χ0) is 32.2. The lowest BCUT2D eigenvalue weighted by atomic mass is 10.1. The van der Waals surface area contributed by atoms with Gasteiger partial charge in [0.1, 0.15) is 17.0 Å². The number of methoxy groups -OCH3 is 1. The number of hydrogen-bond donors (Lipinski definition) is 4. The van der Waals surface area contributed by atoms with Crippen molar-refractivity contribution in [3.8, 4) is 5.75 Å². The molecule has 1 aliphatic heterocycles. The number of ether oxygens (including phenoxy) is 1. The number of likely N-dealkylation sites (tertiary alicyclic amines) is 1. The number of benzene rings is 2. The summed E-state index contributed by atoms with van der Waals surface area (Å²) < 4.78 is 64.9. The monoisotopic (exact) mass is 668 g/mol. The van der Waals surface area contributed by atoms with Crippen LogP contribution in [0.1, 0.15) is 27.8 Å². The Morgan fingerprint density at radius 3 is 2.48 bits per heavy atom. The molecule has 4 aromatic rings. The van der Waals surface area contributed by atoms with E-state index in [9.17, 15) is 26.4 Å². The molecule has 0 spiro atoms. The van der Waals surface area contributed by atoms with Crippen LogP contribution in [0, 0.1) is 5.41 Å². The summed E-state index contributed by atoms with van der Waals surface area (Å²) in [5.41, 5.74) is 7.06. The number of amides is 1. The quantitative estimate of drug-likeness (QED) is 0.147. The van der Waals surface area contributed by atoms with E-state index in [1.54, 1.807) is 41.7 Å². The smallest absolute Gasteiger partial charge is 0.490 e. The standard InChI is InChI=1S/C26H26N4O4S3.C2HF3O2/c1-34-20-4-2-17-3-5-21(12-19(17)11-20)37(32,33)25(18-7-9-35-15-18)29-22-6-8-30(26(22)31)13-16-10-23(24(27)28)36-14-16;3-2(4,5)1(6)7/h2-5,7,9-12,14-15,22,25,29H,6,8,13H2,1H3,(H3,27,28);(H,6,7)/t22?,25-;/m0./s1. The van der Waals surface area contributed by atoms with E-state index in [-0.39, 0.29) is 16.6 Å². The van der Waals surface area contributed by atoms with Gasteiger partial charge in [0.05, 0.1) is 22.9 Å². The largest absolute Gasteiger partial charge is 0.497 e. The summed E-state index contributed by atoms with van der Waals surface area (Å²) in [6, 6.07) is 13.5. The van der Waals surface area contributed by atoms with Gasteiger partial charge in [0.15, 0.2) is 9.84 Å². The molecule has 0 radical (unpaired) electrons. The number of hydrogen-bond acceptors (Lipinski definition) is 9. The molecule has 1 amide bonds. The molecule has 2 aromatic heterocycles. The number of rotatable bonds is 9. The van der Waals surface area contributed by atoms with Crippen LogP contribution in [0.15, 0.2) is 69.6 Å². The minimum absolute atomic E-state index is 0.000475. The summed E-state index contributed by atoms with van der Waals surface area (Å²) in [4.78, 5) is 24.7. The second kappa shape index (κ2) is 13.3. The van der Waals surface area contributed by atoms with E-state index < -0.39 is 33.4 Å². The lowest BCUT2D eigenvalue weighted by Gasteiger charge is -2.23. The first kappa shape index (κ1) is 32.9. The Morgan fingerprint density at radius 2 is 1.89 bits per heavy atom. The van der Waals surface area contributed by atoms with Gasteiger partial charge in [0.2, 0.25) is 5.91 Å². The molecular formula is C28H27F3N4O6S3. The van der Waals surface area contributed by atoms with Crippen LogP contribution < -0.4 is 15.8 Å². The summed E-state index contributed by atoms with van der Waals surface area (Å²) in [7, 11) is -2.31. The number of nitrogen functional groups attached to an aromatic ring is 1. The molecule has 5 rings (SSSR count). The zero-order valence-electron chi connectivity index (χ0n) is 23.0. The van der Waals surface area contributed by atoms with Crippen LogP contribution in [-0.4, -0.2) is 62.0 Å². The molecule has 0 saturated carbocycles. The maximum atomic E-state index is 13.9. The molecule has 10 nitrogen and oxygen atoms in total. The lowest BCUT2D eigenvalue weighted by molar-refractivity contribution is -0.192. The Hall–Kier alpha value is -3.99. The third kappa shape index (κ3) is 7.56. The number of nitrogens with one attached hydrogen (secondary N) is 2. The maximum Gasteiger partial charge on any atom is 0.490 e. The Balaban J connectivity index is 0.000000566. The predicted molar refractivity (Wildman–Crippen MR) is 161 cm³/mol. The van der Waals surface area contributed by atoms with Crippen molar-refractivity contribution in [1.29, 1.82) is 5.41 Å². The number of fused-ring (bicyclic) bond motifs is 1. The van der Waals surface area contributed by atoms with Crippen LogP contribution in [0.4, 0.5) is 13.2 Å². The molecule has 1 aliphatic rings. The summed E-state index contributed by atoms with van der Waals surface area (Å²) in [6.45, 7) is 0.900. The minimum atomic E-state index is -5.08. The highest BCUT2D eigenvalue weighted by Gasteiger charge is 2.39. The third-order valence-electron chi connectivity index (χ3n) is 6.69. The average molecular weight is 669 g/mol. The van der Waals surface area contributed by atoms with E-state index in [2.05, 4.69) is 5.32 Å². The predicted octanol–water partition coefficient (Wildman–Crippen LogP) is 4.75. The maximum absolute atomic E-state index is 13.9. The van der Waals surface area contributed by atoms with Gasteiger partial charge in [-0.3, -0.25) is 15.5 Å². The number of aliphatic carboxylic acids is 1. The van der Waals surface area contributed by atoms with Crippen LogP contribution in [0.3, 0.4) is 0 Å². The van der Waals surface area contributed by atoms with Crippen molar-refractivity contribution in [1.82, 2.24) is 10.2 Å². The van der Waals surface area contributed by atoms with E-state index >= 15 is 0 Å². The number of carboxylic acids is 1. The van der Waals surface area contributed by atoms with Crippen molar-refractivity contribution >= 4 is 61.0 Å². The normalized spacial score (nSPS) is 16.0. The Morgan fingerprint density at radius 1 is 1.18 bits per heavy atom. The molecule has 234 valence electrons. The summed E-state index contributed by atoms with van der Waals surface area (Å²) in [5.74, 6) is -2.26. The first-order valence-corrected chi connectivity index (χ1v) is 16.2. The number of alkyl halides is 3. The molecule has 44 heavy (non-hydrogen) atoms. The second-order valence-corrected chi connectivity index (χ2v) is 13.4. The molecule has 2 atom stereocenters. The van der Waals surface area contributed by atoms with Crippen molar-refractivity contribution in [3.05, 3.63) is 80.7 Å². The van der Waals surface area contributed by atoms with E-state index in [0.29, 0.717) is 35.7 Å². The molecule has 5 N–H and O–H groups in total. The zero-order valence-corrected chi connectivity index (χ0v) is 25.4. The molecule has 0 aliphatic carbocycles. The van der Waals surface area contributed by atoms with Gasteiger partial charge in [0, 0.05) is 13.1 Å². The number of nitrogens with two attached hydrogens (primary N) is 1. The van der Waals surface area contributed by atoms with Crippen LogP contribution in [0.5, 0.6) is 5.75 Å². The van der Waals surface area contributed by atoms with E-state index in [1.165, 1.54) is 22.7 Å². The molecule has 1 saturated heterocycles. The molecule has 16 heteroatoms. The van der Waals surface area contributed by atoms with Gasteiger partial charge in [-0.05, 0) is 80.9 Å². The number of halogens is 3. The van der Waals surface area contributed by atoms with Gasteiger partial charge in [0.25, 0.3) is 0 Å². The Bertz CT molecular complexity index is 1770. The summed E-state index contributed by atoms with van der Waals surface area (Å²) >= 11 is 2.78. The van der Waals surface area contributed by atoms with E-state index in [1.807, 2.05) is 35.0 Å². The van der Waals surface area contributed by atoms with Gasteiger partial charge >= 0.3 is 12.1 Å². The fourth-order valence-electron chi connectivity index (χ4n) is 4.49. The minimum Gasteiger partial charge on any atom is -0.497 e. The molecule has 2 aromatic carbocycles. The second-order valence-electron chi connectivity index (χ2n) is 9.66. The lowest BCUT2D eigenvalue weighted by Crippen LogP contribution is -2.42. The summed E-state index contributed by atoms with van der Waals surface area (Å²) in [5, 5.41) is 24.0. The van der Waals surface area contributed by atoms with Crippen LogP contribution in [0.2, 0.25) is 0 Å². The Kier molecular flexibility index (Phi) is 9.98. The number of carbonyl (C=O) groups excluding carboxylic acids is 1. The van der Waals surface area contributed by atoms with Crippen molar-refractivity contribution in [2.45, 2.75) is 35.5 Å². The topological polar surface area (TPSA) is 163 Å². The first-order chi connectivity index (χ1) is 20.7. The number of carbonyl (C=O) groups is 2. The van der Waals surface area contributed by atoms with E-state index in [0.717, 1.165) is 16.3 Å². The summed E-state index contributed by atoms with van der Waals surface area (Å²) in [6.07, 6.45) is -4.59. The molecule has 1 unspecified atom stereocenters. The highest BCUT2D eigenvalue weighted by atomic mass is 32.2. The van der Waals surface area contributed by atoms with Crippen molar-refractivity contribution < 1.29 is 41.0 Å². The number of carboxylic acid groups (broad SMARTS) is 1. The first-order valence-electron chi connectivity index (χ1n) is 12.8. The average Bonchev–Trinajstić information content (AvgIpc) is 3.74. The van der Waals surface area contributed by atoms with Crippen molar-refractivity contribution in [2.24, 2.45) is 5.73 Å². The van der Waals surface area contributed by atoms with Gasteiger partial charge in [-0.2, -0.15) is 24.5 Å². The number of thiophene rings is 2. The van der Waals surface area contributed by atoms with Crippen LogP contribution in [-0.2, 0) is 26.0 Å². The number of nitrogens with zero attached hydrogens (tertiary/aromatic N) is 1. The highest BCUT2D eigenvalue weighted by Crippen LogP contribution is 2.33. The third-order valence-corrected chi connectivity index (χ3v) is 10.3. The molecular weight excluding hydrogens is 642 g/mol. The highest BCUT2D eigenvalue weighted by molar-refractivity contribution is 7.91. The number of amidine groups is 1. The van der Waals surface area contributed by atoms with Gasteiger partial charge in [-0.15, -0.1) is 11.3 Å². The molecule has 3 heterocycles. The number of sulfone groups is 1. The Labute approximate surface area is 258 Å². The van der Waals surface area contributed by atoms with Gasteiger partial charge in [-0.25, -0.2) is 13.2 Å². The van der Waals surface area contributed by atoms with Crippen LogP contribution in [0.25, 0.3) is 10.8 Å². The SMILES string of the molecule is COc1ccc2ccc(S(=O)(=O)[C@H](NC3CCN(Cc4csc(C(=N)N)c4)C3=O)c3ccsc3)cc2c1.O=C(O)C(F)(F)F. The fraction of sp³-hybridized carbons (Fsp3) is 0.250. The molecule has 1 fully saturated rings. The van der Waals surface area contributed by atoms with E-state index in [4.69, 9.17) is 25.8 Å². The van der Waals surface area contributed by atoms with Crippen molar-refractivity contribution in [3.63, 3.8) is 0 Å². The van der Waals surface area contributed by atoms with Crippen molar-refractivity contribution in [2.75, 3.05) is 13.7 Å². The van der Waals surface area contributed by atoms with Gasteiger partial charge < -0.3 is 20.5 Å². The fourth-order valence-corrected chi connectivity index (χ4v) is 7.69. The van der Waals surface area contributed by atoms with Crippen LogP contribution >= 0.6 is 22.7 Å². The van der Waals surface area contributed by atoms with Gasteiger partial charge in [-0.1, -0.05) is 12.1 Å².